The summed E-state index contributed by atoms with van der Waals surface area (Å²) in [5, 5.41) is 2.91. The van der Waals surface area contributed by atoms with E-state index in [9.17, 15) is 13.2 Å². The van der Waals surface area contributed by atoms with Crippen LogP contribution in [0, 0.1) is 20.8 Å². The van der Waals surface area contributed by atoms with Gasteiger partial charge in [0.1, 0.15) is 11.5 Å². The van der Waals surface area contributed by atoms with E-state index in [1.54, 1.807) is 63.6 Å². The number of amides is 1. The number of sulfonamides is 1. The third-order valence-corrected chi connectivity index (χ3v) is 6.99. The molecule has 0 fully saturated rings. The zero-order valence-electron chi connectivity index (χ0n) is 20.2. The highest BCUT2D eigenvalue weighted by Gasteiger charge is 2.21. The number of carbonyl (C=O) groups excluding carboxylic acids is 1. The first kappa shape index (κ1) is 25.1. The molecule has 0 aliphatic carbocycles. The third kappa shape index (κ3) is 5.69. The molecule has 8 heteroatoms. The molecule has 3 aromatic rings. The number of hydrogen-bond acceptors (Lipinski definition) is 5. The highest BCUT2D eigenvalue weighted by atomic mass is 32.2. The first-order valence-corrected chi connectivity index (χ1v) is 12.3. The van der Waals surface area contributed by atoms with Crippen LogP contribution in [0.1, 0.15) is 45.6 Å². The van der Waals surface area contributed by atoms with Gasteiger partial charge in [0.2, 0.25) is 0 Å². The Bertz CT molecular complexity index is 1300. The molecular weight excluding hydrogens is 452 g/mol. The minimum absolute atomic E-state index is 0.0472. The van der Waals surface area contributed by atoms with Crippen LogP contribution in [0.15, 0.2) is 59.5 Å². The second-order valence-electron chi connectivity index (χ2n) is 8.27. The average molecular weight is 483 g/mol. The van der Waals surface area contributed by atoms with Gasteiger partial charge in [0.25, 0.3) is 15.9 Å². The van der Waals surface area contributed by atoms with Gasteiger partial charge in [-0.05, 0) is 86.8 Å². The molecule has 3 rings (SSSR count). The van der Waals surface area contributed by atoms with Crippen LogP contribution >= 0.6 is 0 Å². The van der Waals surface area contributed by atoms with Crippen LogP contribution in [0.4, 0.5) is 5.69 Å². The molecule has 7 nitrogen and oxygen atoms in total. The minimum Gasteiger partial charge on any atom is -0.497 e. The monoisotopic (exact) mass is 482 g/mol. The lowest BCUT2D eigenvalue weighted by Gasteiger charge is -2.19. The molecule has 0 saturated carbocycles. The summed E-state index contributed by atoms with van der Waals surface area (Å²) in [5.41, 5.74) is 3.89. The fourth-order valence-electron chi connectivity index (χ4n) is 3.81. The van der Waals surface area contributed by atoms with Gasteiger partial charge in [0.05, 0.1) is 25.2 Å². The topological polar surface area (TPSA) is 93.7 Å². The van der Waals surface area contributed by atoms with Crippen LogP contribution in [0.2, 0.25) is 0 Å². The standard InChI is InChI=1S/C26H30N2O5S/c1-16-11-17(2)13-21(12-16)28-34(30,31)25-14-20(8-7-18(25)3)26(29)27-19(4)23-15-22(32-5)9-10-24(23)33-6/h7-15,19,28H,1-6H3,(H,27,29). The van der Waals surface area contributed by atoms with E-state index in [2.05, 4.69) is 10.0 Å². The number of rotatable bonds is 8. The Morgan fingerprint density at radius 1 is 0.882 bits per heavy atom. The van der Waals surface area contributed by atoms with Crippen molar-refractivity contribution in [3.05, 3.63) is 82.4 Å². The first-order valence-electron chi connectivity index (χ1n) is 10.8. The predicted octanol–water partition coefficient (Wildman–Crippen LogP) is 4.92. The lowest BCUT2D eigenvalue weighted by Crippen LogP contribution is -2.27. The summed E-state index contributed by atoms with van der Waals surface area (Å²) in [5.74, 6) is 0.844. The van der Waals surface area contributed by atoms with E-state index >= 15 is 0 Å². The average Bonchev–Trinajstić information content (AvgIpc) is 2.77. The van der Waals surface area contributed by atoms with Gasteiger partial charge < -0.3 is 14.8 Å². The summed E-state index contributed by atoms with van der Waals surface area (Å²) in [6, 6.07) is 15.0. The summed E-state index contributed by atoms with van der Waals surface area (Å²) in [6.07, 6.45) is 0. The van der Waals surface area contributed by atoms with Crippen LogP contribution < -0.4 is 19.5 Å². The molecule has 1 unspecified atom stereocenters. The second-order valence-corrected chi connectivity index (χ2v) is 9.92. The van der Waals surface area contributed by atoms with Crippen molar-refractivity contribution < 1.29 is 22.7 Å². The molecule has 34 heavy (non-hydrogen) atoms. The largest absolute Gasteiger partial charge is 0.497 e. The highest BCUT2D eigenvalue weighted by molar-refractivity contribution is 7.92. The molecule has 0 aliphatic rings. The van der Waals surface area contributed by atoms with Gasteiger partial charge in [-0.25, -0.2) is 8.42 Å². The van der Waals surface area contributed by atoms with E-state index < -0.39 is 22.0 Å². The maximum atomic E-state index is 13.1. The van der Waals surface area contributed by atoms with Crippen molar-refractivity contribution in [1.82, 2.24) is 5.32 Å². The van der Waals surface area contributed by atoms with Gasteiger partial charge in [-0.3, -0.25) is 9.52 Å². The molecule has 0 bridgehead atoms. The molecule has 0 aromatic heterocycles. The number of aryl methyl sites for hydroxylation is 3. The Labute approximate surface area is 201 Å². The Morgan fingerprint density at radius 3 is 2.18 bits per heavy atom. The van der Waals surface area contributed by atoms with Gasteiger partial charge in [-0.1, -0.05) is 12.1 Å². The van der Waals surface area contributed by atoms with Crippen molar-refractivity contribution in [2.45, 2.75) is 38.6 Å². The van der Waals surface area contributed by atoms with Crippen LogP contribution in [0.25, 0.3) is 0 Å². The van der Waals surface area contributed by atoms with Gasteiger partial charge in [0, 0.05) is 16.8 Å². The normalized spacial score (nSPS) is 12.1. The van der Waals surface area contributed by atoms with E-state index in [0.717, 1.165) is 16.7 Å². The van der Waals surface area contributed by atoms with Gasteiger partial charge in [-0.15, -0.1) is 0 Å². The number of ether oxygens (including phenoxy) is 2. The summed E-state index contributed by atoms with van der Waals surface area (Å²) in [4.78, 5) is 13.1. The zero-order valence-corrected chi connectivity index (χ0v) is 21.0. The van der Waals surface area contributed by atoms with Crippen LogP contribution in [0.5, 0.6) is 11.5 Å². The Kier molecular flexibility index (Phi) is 7.51. The summed E-state index contributed by atoms with van der Waals surface area (Å²) in [7, 11) is -0.780. The highest BCUT2D eigenvalue weighted by Crippen LogP contribution is 2.30. The second kappa shape index (κ2) is 10.2. The number of anilines is 1. The van der Waals surface area contributed by atoms with Crippen molar-refractivity contribution >= 4 is 21.6 Å². The molecule has 2 N–H and O–H groups in total. The summed E-state index contributed by atoms with van der Waals surface area (Å²) in [6.45, 7) is 7.32. The molecule has 0 radical (unpaired) electrons. The minimum atomic E-state index is -3.90. The smallest absolute Gasteiger partial charge is 0.262 e. The summed E-state index contributed by atoms with van der Waals surface area (Å²) < 4.78 is 39.6. The number of methoxy groups -OCH3 is 2. The quantitative estimate of drug-likeness (QED) is 0.475. The van der Waals surface area contributed by atoms with Crippen molar-refractivity contribution in [2.24, 2.45) is 0 Å². The first-order chi connectivity index (χ1) is 16.0. The van der Waals surface area contributed by atoms with Crippen LogP contribution in [-0.2, 0) is 10.0 Å². The van der Waals surface area contributed by atoms with Gasteiger partial charge in [0.15, 0.2) is 0 Å². The molecule has 0 heterocycles. The predicted molar refractivity (Wildman–Crippen MR) is 133 cm³/mol. The van der Waals surface area contributed by atoms with Crippen LogP contribution in [0.3, 0.4) is 0 Å². The molecule has 0 saturated heterocycles. The van der Waals surface area contributed by atoms with Crippen molar-refractivity contribution in [3.8, 4) is 11.5 Å². The lowest BCUT2D eigenvalue weighted by atomic mass is 10.1. The van der Waals surface area contributed by atoms with E-state index in [1.807, 2.05) is 26.8 Å². The number of carbonyl (C=O) groups is 1. The van der Waals surface area contributed by atoms with Crippen molar-refractivity contribution in [3.63, 3.8) is 0 Å². The van der Waals surface area contributed by atoms with Crippen molar-refractivity contribution in [1.29, 1.82) is 0 Å². The Balaban J connectivity index is 1.87. The molecule has 3 aromatic carbocycles. The maximum Gasteiger partial charge on any atom is 0.262 e. The van der Waals surface area contributed by atoms with E-state index in [-0.39, 0.29) is 10.5 Å². The number of nitrogens with one attached hydrogen (secondary N) is 2. The fourth-order valence-corrected chi connectivity index (χ4v) is 5.12. The molecule has 0 aliphatic heterocycles. The summed E-state index contributed by atoms with van der Waals surface area (Å²) >= 11 is 0. The Morgan fingerprint density at radius 2 is 1.56 bits per heavy atom. The van der Waals surface area contributed by atoms with E-state index in [0.29, 0.717) is 22.7 Å². The zero-order chi connectivity index (χ0) is 25.0. The molecule has 180 valence electrons. The molecule has 1 atom stereocenters. The SMILES string of the molecule is COc1ccc(OC)c(C(C)NC(=O)c2ccc(C)c(S(=O)(=O)Nc3cc(C)cc(C)c3)c2)c1. The Hall–Kier alpha value is -3.52. The van der Waals surface area contributed by atoms with E-state index in [4.69, 9.17) is 9.47 Å². The fraction of sp³-hybridized carbons (Fsp3) is 0.269. The van der Waals surface area contributed by atoms with Gasteiger partial charge in [-0.2, -0.15) is 0 Å². The van der Waals surface area contributed by atoms with E-state index in [1.165, 1.54) is 6.07 Å². The lowest BCUT2D eigenvalue weighted by molar-refractivity contribution is 0.0939. The molecular formula is C26H30N2O5S. The maximum absolute atomic E-state index is 13.1. The van der Waals surface area contributed by atoms with Crippen molar-refractivity contribution in [2.75, 3.05) is 18.9 Å². The molecule has 0 spiro atoms. The van der Waals surface area contributed by atoms with Crippen LogP contribution in [-0.4, -0.2) is 28.5 Å². The third-order valence-electron chi connectivity index (χ3n) is 5.46. The van der Waals surface area contributed by atoms with Gasteiger partial charge >= 0.3 is 0 Å². The molecule has 1 amide bonds. The number of hydrogen-bond donors (Lipinski definition) is 2. The number of benzene rings is 3.